The number of benzene rings is 1. The third kappa shape index (κ3) is 1.62. The first kappa shape index (κ1) is 8.07. The number of halogens is 1. The molecular weight excluding hydrogens is 192 g/mol. The van der Waals surface area contributed by atoms with Gasteiger partial charge in [-0.05, 0) is 16.8 Å². The predicted octanol–water partition coefficient (Wildman–Crippen LogP) is 0.678. The minimum Gasteiger partial charge on any atom is -0.539 e. The average Bonchev–Trinajstić information content (AvgIpc) is 2.53. The smallest absolute Gasteiger partial charge is 0.239 e. The summed E-state index contributed by atoms with van der Waals surface area (Å²) in [5, 5.41) is 14.8. The summed E-state index contributed by atoms with van der Waals surface area (Å²) < 4.78 is 5.72. The van der Waals surface area contributed by atoms with E-state index in [4.69, 9.17) is 11.6 Å². The lowest BCUT2D eigenvalue weighted by Gasteiger charge is -1.88. The molecule has 0 saturated carbocycles. The Hall–Kier alpha value is -1.55. The predicted molar refractivity (Wildman–Crippen MR) is 42.5 cm³/mol. The van der Waals surface area contributed by atoms with Crippen molar-refractivity contribution in [2.45, 2.75) is 0 Å². The monoisotopic (exact) mass is 196 g/mol. The van der Waals surface area contributed by atoms with Gasteiger partial charge in [-0.2, -0.15) is 0 Å². The molecule has 0 radical (unpaired) electrons. The molecule has 1 heterocycles. The molecule has 0 N–H and O–H groups in total. The molecule has 0 aliphatic heterocycles. The molecule has 0 unspecified atom stereocenters. The zero-order valence-electron chi connectivity index (χ0n) is 6.48. The van der Waals surface area contributed by atoms with Crippen molar-refractivity contribution in [1.29, 1.82) is 0 Å². The molecule has 66 valence electrons. The van der Waals surface area contributed by atoms with Gasteiger partial charge in [-0.3, -0.25) is 0 Å². The van der Waals surface area contributed by atoms with Gasteiger partial charge in [0.25, 0.3) is 0 Å². The Kier molecular flexibility index (Phi) is 1.90. The first-order chi connectivity index (χ1) is 6.25. The zero-order valence-corrected chi connectivity index (χ0v) is 7.23. The number of rotatable bonds is 1. The largest absolute Gasteiger partial charge is 0.539 e. The summed E-state index contributed by atoms with van der Waals surface area (Å²) in [4.78, 5) is 0. The van der Waals surface area contributed by atoms with E-state index < -0.39 is 5.95 Å². The van der Waals surface area contributed by atoms with Gasteiger partial charge in [0, 0.05) is 17.2 Å². The minimum atomic E-state index is -0.477. The van der Waals surface area contributed by atoms with Gasteiger partial charge < -0.3 is 9.63 Å². The zero-order chi connectivity index (χ0) is 9.26. The van der Waals surface area contributed by atoms with E-state index in [9.17, 15) is 5.11 Å². The molecule has 0 spiro atoms. The number of hydrogen-bond acceptors (Lipinski definition) is 3. The van der Waals surface area contributed by atoms with Crippen molar-refractivity contribution < 1.29 is 14.3 Å². The highest BCUT2D eigenvalue weighted by atomic mass is 35.5. The highest BCUT2D eigenvalue weighted by Gasteiger charge is 2.07. The summed E-state index contributed by atoms with van der Waals surface area (Å²) >= 11 is 5.69. The SMILES string of the molecule is [O-]c1c[n+](-c2ccc(Cl)cc2)no1. The van der Waals surface area contributed by atoms with Crippen LogP contribution in [0.3, 0.4) is 0 Å². The van der Waals surface area contributed by atoms with E-state index in [0.717, 1.165) is 5.69 Å². The van der Waals surface area contributed by atoms with E-state index in [-0.39, 0.29) is 0 Å². The summed E-state index contributed by atoms with van der Waals surface area (Å²) in [5.41, 5.74) is 0.732. The summed E-state index contributed by atoms with van der Waals surface area (Å²) in [6.45, 7) is 0. The summed E-state index contributed by atoms with van der Waals surface area (Å²) in [6, 6.07) is 6.90. The van der Waals surface area contributed by atoms with E-state index in [1.165, 1.54) is 10.9 Å². The molecule has 0 atom stereocenters. The third-order valence-corrected chi connectivity index (χ3v) is 1.79. The Morgan fingerprint density at radius 1 is 1.31 bits per heavy atom. The van der Waals surface area contributed by atoms with E-state index >= 15 is 0 Å². The fourth-order valence-electron chi connectivity index (χ4n) is 0.947. The molecule has 4 nitrogen and oxygen atoms in total. The first-order valence-corrected chi connectivity index (χ1v) is 3.95. The van der Waals surface area contributed by atoms with Crippen molar-refractivity contribution in [3.63, 3.8) is 0 Å². The Bertz CT molecular complexity index is 410. The molecule has 0 aliphatic rings. The first-order valence-electron chi connectivity index (χ1n) is 3.57. The summed E-state index contributed by atoms with van der Waals surface area (Å²) in [7, 11) is 0. The van der Waals surface area contributed by atoms with Gasteiger partial charge in [0.15, 0.2) is 0 Å². The molecule has 0 amide bonds. The van der Waals surface area contributed by atoms with E-state index in [2.05, 4.69) is 9.79 Å². The van der Waals surface area contributed by atoms with Crippen LogP contribution < -0.4 is 9.79 Å². The van der Waals surface area contributed by atoms with Crippen LogP contribution in [-0.4, -0.2) is 5.27 Å². The van der Waals surface area contributed by atoms with Gasteiger partial charge in [0.1, 0.15) is 5.95 Å². The second-order valence-corrected chi connectivity index (χ2v) is 2.88. The Balaban J connectivity index is 2.41. The molecule has 0 bridgehead atoms. The molecule has 0 saturated heterocycles. The molecule has 1 aromatic heterocycles. The maximum atomic E-state index is 10.7. The van der Waals surface area contributed by atoms with Crippen LogP contribution in [0, 0.1) is 0 Å². The van der Waals surface area contributed by atoms with Crippen LogP contribution in [-0.2, 0) is 0 Å². The second kappa shape index (κ2) is 3.06. The molecule has 2 rings (SSSR count). The van der Waals surface area contributed by atoms with Crippen LogP contribution in [0.15, 0.2) is 35.0 Å². The van der Waals surface area contributed by atoms with Crippen LogP contribution in [0.2, 0.25) is 5.02 Å². The van der Waals surface area contributed by atoms with Crippen molar-refractivity contribution in [2.24, 2.45) is 0 Å². The van der Waals surface area contributed by atoms with Gasteiger partial charge in [0.05, 0.1) is 5.27 Å². The van der Waals surface area contributed by atoms with Gasteiger partial charge in [-0.15, -0.1) is 0 Å². The average molecular weight is 197 g/mol. The Morgan fingerprint density at radius 2 is 2.00 bits per heavy atom. The van der Waals surface area contributed by atoms with Crippen LogP contribution in [0.4, 0.5) is 0 Å². The van der Waals surface area contributed by atoms with Crippen molar-refractivity contribution in [1.82, 2.24) is 5.27 Å². The lowest BCUT2D eigenvalue weighted by molar-refractivity contribution is -0.670. The minimum absolute atomic E-state index is 0.477. The van der Waals surface area contributed by atoms with Gasteiger partial charge in [0.2, 0.25) is 11.9 Å². The van der Waals surface area contributed by atoms with E-state index in [0.29, 0.717) is 5.02 Å². The molecule has 2 aromatic rings. The second-order valence-electron chi connectivity index (χ2n) is 2.44. The van der Waals surface area contributed by atoms with Crippen LogP contribution >= 0.6 is 11.6 Å². The Labute approximate surface area is 78.9 Å². The van der Waals surface area contributed by atoms with E-state index in [1.54, 1.807) is 24.3 Å². The quantitative estimate of drug-likeness (QED) is 0.631. The molecule has 0 aliphatic carbocycles. The highest BCUT2D eigenvalue weighted by molar-refractivity contribution is 6.30. The maximum absolute atomic E-state index is 10.7. The van der Waals surface area contributed by atoms with Crippen LogP contribution in [0.25, 0.3) is 5.69 Å². The Morgan fingerprint density at radius 3 is 2.54 bits per heavy atom. The number of hydrogen-bond donors (Lipinski definition) is 0. The number of aromatic nitrogens is 2. The third-order valence-electron chi connectivity index (χ3n) is 1.54. The van der Waals surface area contributed by atoms with Crippen molar-refractivity contribution in [2.75, 3.05) is 0 Å². The highest BCUT2D eigenvalue weighted by Crippen LogP contribution is 2.09. The summed E-state index contributed by atoms with van der Waals surface area (Å²) in [5.74, 6) is -0.477. The lowest BCUT2D eigenvalue weighted by Crippen LogP contribution is -2.31. The maximum Gasteiger partial charge on any atom is 0.239 e. The topological polar surface area (TPSA) is 53.0 Å². The van der Waals surface area contributed by atoms with Crippen LogP contribution in [0.5, 0.6) is 5.95 Å². The fourth-order valence-corrected chi connectivity index (χ4v) is 1.07. The normalized spacial score (nSPS) is 10.2. The number of nitrogens with zero attached hydrogens (tertiary/aromatic N) is 2. The van der Waals surface area contributed by atoms with Gasteiger partial charge >= 0.3 is 0 Å². The van der Waals surface area contributed by atoms with E-state index in [1.807, 2.05) is 0 Å². The summed E-state index contributed by atoms with van der Waals surface area (Å²) in [6.07, 6.45) is 1.25. The molecular formula is C8H5ClN2O2. The van der Waals surface area contributed by atoms with Crippen LogP contribution in [0.1, 0.15) is 0 Å². The fraction of sp³-hybridized carbons (Fsp3) is 0. The van der Waals surface area contributed by atoms with Gasteiger partial charge in [-0.25, -0.2) is 0 Å². The van der Waals surface area contributed by atoms with Gasteiger partial charge in [-0.1, -0.05) is 11.6 Å². The van der Waals surface area contributed by atoms with Crippen molar-refractivity contribution >= 4 is 11.6 Å². The molecule has 5 heteroatoms. The standard InChI is InChI=1S/C8H5ClN2O2/c9-6-1-3-7(4-2-6)11-5-8(12)13-10-11/h1-5H. The van der Waals surface area contributed by atoms with Crippen molar-refractivity contribution in [3.8, 4) is 11.6 Å². The van der Waals surface area contributed by atoms with Crippen molar-refractivity contribution in [3.05, 3.63) is 35.5 Å². The molecule has 13 heavy (non-hydrogen) atoms. The molecule has 0 fully saturated rings. The molecule has 1 aromatic carbocycles. The lowest BCUT2D eigenvalue weighted by atomic mass is 10.3.